The molecule has 176 valence electrons. The summed E-state index contributed by atoms with van der Waals surface area (Å²) in [5.74, 6) is -0.635. The zero-order valence-electron chi connectivity index (χ0n) is 18.6. The standard InChI is InChI=1S/C26H25ClFN3O3/c27-19-8-7-17(31-25(33)22-15-5-6-16(13-15)23(22)26(31)34)14-18(19)24(32)30-11-9-29(10-12-30)21-4-2-1-3-20(21)28/h1-4,7-8,14-16,22-23H,5-6,9-13H2/t15-,16-,22-,23+/m0/s1. The van der Waals surface area contributed by atoms with Crippen LogP contribution in [0.2, 0.25) is 5.02 Å². The molecule has 0 aromatic heterocycles. The molecule has 6 nitrogen and oxygen atoms in total. The number of carbonyl (C=O) groups excluding carboxylic acids is 3. The van der Waals surface area contributed by atoms with Gasteiger partial charge in [0.2, 0.25) is 11.8 Å². The molecular weight excluding hydrogens is 457 g/mol. The molecule has 2 saturated heterocycles. The highest BCUT2D eigenvalue weighted by Gasteiger charge is 2.61. The lowest BCUT2D eigenvalue weighted by Gasteiger charge is -2.36. The number of nitrogens with zero attached hydrogens (tertiary/aromatic N) is 3. The zero-order valence-corrected chi connectivity index (χ0v) is 19.4. The summed E-state index contributed by atoms with van der Waals surface area (Å²) < 4.78 is 14.1. The van der Waals surface area contributed by atoms with Crippen molar-refractivity contribution < 1.29 is 18.8 Å². The first-order chi connectivity index (χ1) is 16.4. The van der Waals surface area contributed by atoms with Crippen LogP contribution in [0.3, 0.4) is 0 Å². The predicted octanol–water partition coefficient (Wildman–Crippen LogP) is 3.98. The van der Waals surface area contributed by atoms with Gasteiger partial charge in [0, 0.05) is 26.2 Å². The smallest absolute Gasteiger partial charge is 0.255 e. The van der Waals surface area contributed by atoms with E-state index in [-0.39, 0.29) is 46.0 Å². The fraction of sp³-hybridized carbons (Fsp3) is 0.423. The van der Waals surface area contributed by atoms with Crippen LogP contribution in [0.25, 0.3) is 0 Å². The lowest BCUT2D eigenvalue weighted by Crippen LogP contribution is -2.49. The number of hydrogen-bond donors (Lipinski definition) is 0. The number of hydrogen-bond acceptors (Lipinski definition) is 4. The van der Waals surface area contributed by atoms with Crippen LogP contribution >= 0.6 is 11.6 Å². The van der Waals surface area contributed by atoms with Crippen molar-refractivity contribution >= 4 is 40.7 Å². The van der Waals surface area contributed by atoms with Gasteiger partial charge in [-0.3, -0.25) is 19.3 Å². The largest absolute Gasteiger partial charge is 0.366 e. The lowest BCUT2D eigenvalue weighted by molar-refractivity contribution is -0.123. The Bertz CT molecular complexity index is 1170. The van der Waals surface area contributed by atoms with Gasteiger partial charge in [0.25, 0.3) is 5.91 Å². The molecule has 2 aromatic carbocycles. The molecule has 8 heteroatoms. The number of piperazine rings is 1. The minimum Gasteiger partial charge on any atom is -0.366 e. The van der Waals surface area contributed by atoms with E-state index < -0.39 is 0 Å². The molecule has 6 rings (SSSR count). The van der Waals surface area contributed by atoms with E-state index in [1.807, 2.05) is 4.90 Å². The molecule has 2 bridgehead atoms. The number of imide groups is 1. The third-order valence-corrected chi connectivity index (χ3v) is 8.46. The fourth-order valence-electron chi connectivity index (χ4n) is 6.51. The molecule has 4 aliphatic rings. The second-order valence-corrected chi connectivity index (χ2v) is 10.2. The molecule has 0 spiro atoms. The van der Waals surface area contributed by atoms with E-state index in [4.69, 9.17) is 11.6 Å². The molecular formula is C26H25ClFN3O3. The zero-order chi connectivity index (χ0) is 23.6. The average molecular weight is 482 g/mol. The topological polar surface area (TPSA) is 60.9 Å². The number of amides is 3. The van der Waals surface area contributed by atoms with E-state index in [0.29, 0.717) is 49.4 Å². The second-order valence-electron chi connectivity index (χ2n) is 9.79. The number of rotatable bonds is 3. The molecule has 2 aliphatic heterocycles. The normalized spacial score (nSPS) is 28.1. The number of fused-ring (bicyclic) bond motifs is 5. The molecule has 2 aliphatic carbocycles. The highest BCUT2D eigenvalue weighted by atomic mass is 35.5. The SMILES string of the molecule is O=C(c1cc(N2C(=O)[C@@H]3[C@H]4CC[C@@H](C4)[C@@H]3C2=O)ccc1Cl)N1CCN(c2ccccc2F)CC1. The van der Waals surface area contributed by atoms with Gasteiger partial charge in [-0.2, -0.15) is 0 Å². The monoisotopic (exact) mass is 481 g/mol. The minimum absolute atomic E-state index is 0.138. The first kappa shape index (κ1) is 21.6. The van der Waals surface area contributed by atoms with Gasteiger partial charge in [-0.05, 0) is 61.4 Å². The Balaban J connectivity index is 1.21. The van der Waals surface area contributed by atoms with Crippen molar-refractivity contribution in [3.63, 3.8) is 0 Å². The predicted molar refractivity (Wildman–Crippen MR) is 126 cm³/mol. The Morgan fingerprint density at radius 2 is 1.56 bits per heavy atom. The minimum atomic E-state index is -0.281. The van der Waals surface area contributed by atoms with E-state index in [1.165, 1.54) is 11.0 Å². The van der Waals surface area contributed by atoms with Crippen LogP contribution in [0, 0.1) is 29.5 Å². The van der Waals surface area contributed by atoms with Gasteiger partial charge in [-0.25, -0.2) is 4.39 Å². The number of para-hydroxylation sites is 1. The highest BCUT2D eigenvalue weighted by molar-refractivity contribution is 6.34. The van der Waals surface area contributed by atoms with Crippen LogP contribution in [0.4, 0.5) is 15.8 Å². The van der Waals surface area contributed by atoms with Gasteiger partial charge in [0.1, 0.15) is 5.82 Å². The molecule has 0 unspecified atom stereocenters. The van der Waals surface area contributed by atoms with Crippen molar-refractivity contribution in [1.29, 1.82) is 0 Å². The Labute approximate surface area is 202 Å². The van der Waals surface area contributed by atoms with Gasteiger partial charge in [0.15, 0.2) is 0 Å². The van der Waals surface area contributed by atoms with Crippen molar-refractivity contribution in [1.82, 2.24) is 4.90 Å². The van der Waals surface area contributed by atoms with Crippen molar-refractivity contribution in [3.8, 4) is 0 Å². The van der Waals surface area contributed by atoms with Gasteiger partial charge in [-0.15, -0.1) is 0 Å². The van der Waals surface area contributed by atoms with Crippen molar-refractivity contribution in [2.45, 2.75) is 19.3 Å². The second kappa shape index (κ2) is 8.08. The number of anilines is 2. The lowest BCUT2D eigenvalue weighted by atomic mass is 9.81. The molecule has 4 atom stereocenters. The number of carbonyl (C=O) groups is 3. The van der Waals surface area contributed by atoms with Crippen molar-refractivity contribution in [2.24, 2.45) is 23.7 Å². The van der Waals surface area contributed by atoms with E-state index >= 15 is 0 Å². The molecule has 0 N–H and O–H groups in total. The molecule has 2 saturated carbocycles. The Kier molecular flexibility index (Phi) is 5.13. The van der Waals surface area contributed by atoms with E-state index in [2.05, 4.69) is 0 Å². The summed E-state index contributed by atoms with van der Waals surface area (Å²) in [5, 5.41) is 0.282. The number of halogens is 2. The molecule has 0 radical (unpaired) electrons. The van der Waals surface area contributed by atoms with E-state index in [9.17, 15) is 18.8 Å². The molecule has 3 amide bonds. The molecule has 4 fully saturated rings. The summed E-state index contributed by atoms with van der Waals surface area (Å²) in [6, 6.07) is 11.4. The third-order valence-electron chi connectivity index (χ3n) is 8.13. The van der Waals surface area contributed by atoms with E-state index in [1.54, 1.807) is 41.3 Å². The van der Waals surface area contributed by atoms with Crippen LogP contribution in [0.15, 0.2) is 42.5 Å². The summed E-state index contributed by atoms with van der Waals surface area (Å²) >= 11 is 6.39. The van der Waals surface area contributed by atoms with Gasteiger partial charge >= 0.3 is 0 Å². The van der Waals surface area contributed by atoms with Crippen LogP contribution in [0.1, 0.15) is 29.6 Å². The highest BCUT2D eigenvalue weighted by Crippen LogP contribution is 2.56. The van der Waals surface area contributed by atoms with Gasteiger partial charge in [-0.1, -0.05) is 23.7 Å². The third kappa shape index (κ3) is 3.24. The molecule has 34 heavy (non-hydrogen) atoms. The average Bonchev–Trinajstić information content (AvgIpc) is 3.53. The Morgan fingerprint density at radius 1 is 0.912 bits per heavy atom. The Morgan fingerprint density at radius 3 is 2.21 bits per heavy atom. The maximum absolute atomic E-state index is 14.1. The number of benzene rings is 2. The van der Waals surface area contributed by atoms with Gasteiger partial charge in [0.05, 0.1) is 33.8 Å². The summed E-state index contributed by atoms with van der Waals surface area (Å²) in [6.07, 6.45) is 3.01. The maximum atomic E-state index is 14.1. The quantitative estimate of drug-likeness (QED) is 0.622. The maximum Gasteiger partial charge on any atom is 0.255 e. The fourth-order valence-corrected chi connectivity index (χ4v) is 6.71. The molecule has 2 heterocycles. The van der Waals surface area contributed by atoms with Crippen LogP contribution in [-0.2, 0) is 9.59 Å². The van der Waals surface area contributed by atoms with Crippen LogP contribution in [0.5, 0.6) is 0 Å². The van der Waals surface area contributed by atoms with Crippen molar-refractivity contribution in [3.05, 3.63) is 58.9 Å². The van der Waals surface area contributed by atoms with Crippen LogP contribution < -0.4 is 9.80 Å². The van der Waals surface area contributed by atoms with Crippen molar-refractivity contribution in [2.75, 3.05) is 36.0 Å². The summed E-state index contributed by atoms with van der Waals surface area (Å²) in [6.45, 7) is 1.84. The van der Waals surface area contributed by atoms with Gasteiger partial charge < -0.3 is 9.80 Å². The first-order valence-electron chi connectivity index (χ1n) is 11.9. The Hall–Kier alpha value is -2.93. The molecule has 2 aromatic rings. The summed E-state index contributed by atoms with van der Waals surface area (Å²) in [4.78, 5) is 44.6. The van der Waals surface area contributed by atoms with E-state index in [0.717, 1.165) is 19.3 Å². The summed E-state index contributed by atoms with van der Waals surface area (Å²) in [7, 11) is 0. The van der Waals surface area contributed by atoms with Crippen LogP contribution in [-0.4, -0.2) is 48.8 Å². The summed E-state index contributed by atoms with van der Waals surface area (Å²) in [5.41, 5.74) is 1.22. The first-order valence-corrected chi connectivity index (χ1v) is 12.3.